The fourth-order valence-electron chi connectivity index (χ4n) is 4.75. The first-order valence-corrected chi connectivity index (χ1v) is 8.60. The van der Waals surface area contributed by atoms with E-state index in [0.717, 1.165) is 6.04 Å². The summed E-state index contributed by atoms with van der Waals surface area (Å²) in [5.41, 5.74) is 1.08. The van der Waals surface area contributed by atoms with E-state index in [1.807, 2.05) is 0 Å². The van der Waals surface area contributed by atoms with Crippen LogP contribution in [0.2, 0.25) is 0 Å². The molecule has 1 spiro atoms. The molecule has 1 atom stereocenters. The Balaban J connectivity index is 1.64. The van der Waals surface area contributed by atoms with Gasteiger partial charge in [-0.3, -0.25) is 4.90 Å². The van der Waals surface area contributed by atoms with Gasteiger partial charge in [-0.1, -0.05) is 39.0 Å². The molecule has 2 aliphatic carbocycles. The van der Waals surface area contributed by atoms with Gasteiger partial charge >= 0.3 is 0 Å². The molecule has 1 heterocycles. The van der Waals surface area contributed by atoms with Crippen LogP contribution in [0.4, 0.5) is 0 Å². The predicted molar refractivity (Wildman–Crippen MR) is 81.4 cm³/mol. The summed E-state index contributed by atoms with van der Waals surface area (Å²) in [6.07, 6.45) is 13.0. The summed E-state index contributed by atoms with van der Waals surface area (Å²) in [6.45, 7) is 8.82. The Hall–Kier alpha value is -0.0800. The summed E-state index contributed by atoms with van der Waals surface area (Å²) in [6, 6.07) is 0.727. The lowest BCUT2D eigenvalue weighted by Crippen LogP contribution is -2.63. The number of nitrogens with one attached hydrogen (secondary N) is 1. The first kappa shape index (κ1) is 13.9. The molecule has 2 heteroatoms. The lowest BCUT2D eigenvalue weighted by Gasteiger charge is -2.49. The molecule has 0 radical (unpaired) electrons. The molecule has 2 nitrogen and oxygen atoms in total. The smallest absolute Gasteiger partial charge is 0.0309 e. The van der Waals surface area contributed by atoms with Crippen LogP contribution in [0.1, 0.15) is 71.6 Å². The maximum absolute atomic E-state index is 3.88. The highest BCUT2D eigenvalue weighted by atomic mass is 15.3. The maximum atomic E-state index is 3.88. The van der Waals surface area contributed by atoms with E-state index in [4.69, 9.17) is 0 Å². The second kappa shape index (κ2) is 5.37. The van der Waals surface area contributed by atoms with Crippen LogP contribution in [0.5, 0.6) is 0 Å². The lowest BCUT2D eigenvalue weighted by molar-refractivity contribution is 0.0366. The van der Waals surface area contributed by atoms with Crippen molar-refractivity contribution in [2.45, 2.75) is 83.2 Å². The molecule has 1 unspecified atom stereocenters. The number of piperazine rings is 1. The zero-order valence-electron chi connectivity index (χ0n) is 13.0. The molecule has 0 aromatic rings. The van der Waals surface area contributed by atoms with E-state index in [0.29, 0.717) is 11.0 Å². The molecule has 0 amide bonds. The van der Waals surface area contributed by atoms with Gasteiger partial charge in [0.25, 0.3) is 0 Å². The zero-order valence-corrected chi connectivity index (χ0v) is 13.0. The molecule has 3 fully saturated rings. The standard InChI is InChI=1S/C17H32N2/c1-15-12-18-17(10-6-7-11-17)14-19(15)13-16(2)8-4-3-5-9-16/h15,18H,3-14H2,1-2H3. The molecule has 0 aromatic carbocycles. The normalized spacial score (nSPS) is 34.7. The van der Waals surface area contributed by atoms with Gasteiger partial charge in [0.05, 0.1) is 0 Å². The fraction of sp³-hybridized carbons (Fsp3) is 1.00. The zero-order chi connectivity index (χ0) is 13.3. The van der Waals surface area contributed by atoms with Crippen molar-refractivity contribution in [3.8, 4) is 0 Å². The molecule has 0 aromatic heterocycles. The van der Waals surface area contributed by atoms with Gasteiger partial charge in [0.2, 0.25) is 0 Å². The van der Waals surface area contributed by atoms with E-state index in [9.17, 15) is 0 Å². The molecule has 1 N–H and O–H groups in total. The van der Waals surface area contributed by atoms with E-state index in [2.05, 4.69) is 24.1 Å². The molecule has 3 rings (SSSR count). The average molecular weight is 264 g/mol. The average Bonchev–Trinajstić information content (AvgIpc) is 2.83. The predicted octanol–water partition coefficient (Wildman–Crippen LogP) is 3.56. The summed E-state index contributed by atoms with van der Waals surface area (Å²) >= 11 is 0. The number of hydrogen-bond acceptors (Lipinski definition) is 2. The highest BCUT2D eigenvalue weighted by Gasteiger charge is 2.41. The Kier molecular flexibility index (Phi) is 3.92. The second-order valence-electron chi connectivity index (χ2n) is 7.99. The quantitative estimate of drug-likeness (QED) is 0.820. The van der Waals surface area contributed by atoms with Crippen LogP contribution < -0.4 is 5.32 Å². The van der Waals surface area contributed by atoms with Crippen LogP contribution in [0, 0.1) is 5.41 Å². The van der Waals surface area contributed by atoms with Gasteiger partial charge in [-0.15, -0.1) is 0 Å². The van der Waals surface area contributed by atoms with Gasteiger partial charge in [0.1, 0.15) is 0 Å². The fourth-order valence-corrected chi connectivity index (χ4v) is 4.75. The summed E-state index contributed by atoms with van der Waals surface area (Å²) < 4.78 is 0. The highest BCUT2D eigenvalue weighted by molar-refractivity contribution is 5.01. The first-order valence-electron chi connectivity index (χ1n) is 8.60. The van der Waals surface area contributed by atoms with Crippen LogP contribution in [0.3, 0.4) is 0 Å². The van der Waals surface area contributed by atoms with Crippen LogP contribution in [0.15, 0.2) is 0 Å². The number of hydrogen-bond donors (Lipinski definition) is 1. The van der Waals surface area contributed by atoms with Crippen LogP contribution >= 0.6 is 0 Å². The monoisotopic (exact) mass is 264 g/mol. The van der Waals surface area contributed by atoms with Crippen molar-refractivity contribution >= 4 is 0 Å². The molecular formula is C17H32N2. The molecule has 19 heavy (non-hydrogen) atoms. The third kappa shape index (κ3) is 3.00. The molecule has 2 saturated carbocycles. The van der Waals surface area contributed by atoms with Gasteiger partial charge in [-0.05, 0) is 38.0 Å². The van der Waals surface area contributed by atoms with Gasteiger partial charge in [-0.25, -0.2) is 0 Å². The number of rotatable bonds is 2. The van der Waals surface area contributed by atoms with Gasteiger partial charge in [0.15, 0.2) is 0 Å². The van der Waals surface area contributed by atoms with E-state index in [1.54, 1.807) is 0 Å². The minimum atomic E-state index is 0.484. The maximum Gasteiger partial charge on any atom is 0.0309 e. The Labute approximate surface area is 119 Å². The molecular weight excluding hydrogens is 232 g/mol. The Morgan fingerprint density at radius 1 is 1.00 bits per heavy atom. The van der Waals surface area contributed by atoms with E-state index in [-0.39, 0.29) is 0 Å². The number of nitrogens with zero attached hydrogens (tertiary/aromatic N) is 1. The van der Waals surface area contributed by atoms with Crippen molar-refractivity contribution in [2.75, 3.05) is 19.6 Å². The van der Waals surface area contributed by atoms with Crippen molar-refractivity contribution in [3.63, 3.8) is 0 Å². The molecule has 0 bridgehead atoms. The Morgan fingerprint density at radius 3 is 2.32 bits per heavy atom. The summed E-state index contributed by atoms with van der Waals surface area (Å²) in [4.78, 5) is 2.83. The third-order valence-corrected chi connectivity index (χ3v) is 6.11. The summed E-state index contributed by atoms with van der Waals surface area (Å²) in [5.74, 6) is 0. The second-order valence-corrected chi connectivity index (χ2v) is 7.99. The highest BCUT2D eigenvalue weighted by Crippen LogP contribution is 2.39. The van der Waals surface area contributed by atoms with Crippen LogP contribution in [-0.2, 0) is 0 Å². The van der Waals surface area contributed by atoms with Crippen LogP contribution in [-0.4, -0.2) is 36.1 Å². The van der Waals surface area contributed by atoms with Crippen LogP contribution in [0.25, 0.3) is 0 Å². The van der Waals surface area contributed by atoms with Crippen molar-refractivity contribution < 1.29 is 0 Å². The van der Waals surface area contributed by atoms with Crippen molar-refractivity contribution in [2.24, 2.45) is 5.41 Å². The minimum absolute atomic E-state index is 0.484. The van der Waals surface area contributed by atoms with E-state index in [1.165, 1.54) is 77.4 Å². The SMILES string of the molecule is CC1CNC2(CCCC2)CN1CC1(C)CCCCC1. The Bertz CT molecular complexity index is 300. The van der Waals surface area contributed by atoms with Gasteiger partial charge < -0.3 is 5.32 Å². The first-order chi connectivity index (χ1) is 9.11. The topological polar surface area (TPSA) is 15.3 Å². The van der Waals surface area contributed by atoms with Gasteiger partial charge in [0, 0.05) is 31.2 Å². The molecule has 110 valence electrons. The molecule has 1 aliphatic heterocycles. The minimum Gasteiger partial charge on any atom is -0.308 e. The van der Waals surface area contributed by atoms with Crippen molar-refractivity contribution in [1.29, 1.82) is 0 Å². The summed E-state index contributed by atoms with van der Waals surface area (Å²) in [5, 5.41) is 3.88. The van der Waals surface area contributed by atoms with Crippen molar-refractivity contribution in [1.82, 2.24) is 10.2 Å². The van der Waals surface area contributed by atoms with Gasteiger partial charge in [-0.2, -0.15) is 0 Å². The lowest BCUT2D eigenvalue weighted by atomic mass is 9.74. The molecule has 1 saturated heterocycles. The third-order valence-electron chi connectivity index (χ3n) is 6.11. The summed E-state index contributed by atoms with van der Waals surface area (Å²) in [7, 11) is 0. The van der Waals surface area contributed by atoms with E-state index >= 15 is 0 Å². The largest absolute Gasteiger partial charge is 0.308 e. The Morgan fingerprint density at radius 2 is 1.63 bits per heavy atom. The van der Waals surface area contributed by atoms with E-state index < -0.39 is 0 Å². The molecule has 3 aliphatic rings. The van der Waals surface area contributed by atoms with Crippen molar-refractivity contribution in [3.05, 3.63) is 0 Å².